The van der Waals surface area contributed by atoms with E-state index < -0.39 is 10.0 Å². The van der Waals surface area contributed by atoms with Crippen LogP contribution >= 0.6 is 0 Å². The van der Waals surface area contributed by atoms with Crippen molar-refractivity contribution in [2.75, 3.05) is 63.7 Å². The molecule has 2 fully saturated rings. The smallest absolute Gasteiger partial charge is 0.261 e. The fourth-order valence-electron chi connectivity index (χ4n) is 3.89. The lowest BCUT2D eigenvalue weighted by Gasteiger charge is -2.36. The first kappa shape index (κ1) is 23.2. The van der Waals surface area contributed by atoms with Gasteiger partial charge in [-0.05, 0) is 36.4 Å². The van der Waals surface area contributed by atoms with Crippen LogP contribution in [0, 0.1) is 0 Å². The van der Waals surface area contributed by atoms with Crippen molar-refractivity contribution >= 4 is 27.5 Å². The number of nitrogens with zero attached hydrogens (tertiary/aromatic N) is 3. The van der Waals surface area contributed by atoms with Gasteiger partial charge in [0.2, 0.25) is 5.91 Å². The van der Waals surface area contributed by atoms with Crippen LogP contribution in [-0.2, 0) is 19.6 Å². The molecule has 33 heavy (non-hydrogen) atoms. The Morgan fingerprint density at radius 3 is 2.09 bits per heavy atom. The molecule has 2 aromatic carbocycles. The van der Waals surface area contributed by atoms with Crippen molar-refractivity contribution in [2.45, 2.75) is 4.90 Å². The van der Waals surface area contributed by atoms with Gasteiger partial charge < -0.3 is 14.5 Å². The molecular weight excluding hydrogens is 444 g/mol. The van der Waals surface area contributed by atoms with E-state index >= 15 is 0 Å². The predicted molar refractivity (Wildman–Crippen MR) is 123 cm³/mol. The van der Waals surface area contributed by atoms with Crippen LogP contribution in [0.25, 0.3) is 0 Å². The van der Waals surface area contributed by atoms with Gasteiger partial charge in [-0.15, -0.1) is 0 Å². The van der Waals surface area contributed by atoms with E-state index in [1.807, 2.05) is 4.90 Å². The minimum Gasteiger partial charge on any atom is -0.378 e. The van der Waals surface area contributed by atoms with Gasteiger partial charge in [-0.3, -0.25) is 19.2 Å². The summed E-state index contributed by atoms with van der Waals surface area (Å²) in [5.41, 5.74) is 0.886. The van der Waals surface area contributed by atoms with Gasteiger partial charge in [-0.2, -0.15) is 0 Å². The zero-order valence-corrected chi connectivity index (χ0v) is 19.2. The van der Waals surface area contributed by atoms with Gasteiger partial charge in [0.1, 0.15) is 0 Å². The number of hydrogen-bond acceptors (Lipinski definition) is 6. The van der Waals surface area contributed by atoms with Crippen LogP contribution < -0.4 is 4.72 Å². The number of nitrogens with one attached hydrogen (secondary N) is 1. The SMILES string of the molecule is O=C(CN1CCN(C(=O)c2ccc(NS(=O)(=O)c3ccccc3)cc2)CC1)N1CCOCC1. The van der Waals surface area contributed by atoms with E-state index in [0.29, 0.717) is 70.3 Å². The molecule has 0 aromatic heterocycles. The normalized spacial score (nSPS) is 17.6. The lowest BCUT2D eigenvalue weighted by molar-refractivity contribution is -0.136. The number of hydrogen-bond donors (Lipinski definition) is 1. The number of piperazine rings is 1. The van der Waals surface area contributed by atoms with Gasteiger partial charge in [0.25, 0.3) is 15.9 Å². The Balaban J connectivity index is 1.29. The van der Waals surface area contributed by atoms with Crippen molar-refractivity contribution in [2.24, 2.45) is 0 Å². The van der Waals surface area contributed by atoms with Crippen LogP contribution in [0.2, 0.25) is 0 Å². The number of rotatable bonds is 6. The highest BCUT2D eigenvalue weighted by Gasteiger charge is 2.25. The van der Waals surface area contributed by atoms with Crippen molar-refractivity contribution in [3.8, 4) is 0 Å². The summed E-state index contributed by atoms with van der Waals surface area (Å²) in [7, 11) is -3.68. The number of ether oxygens (including phenoxy) is 1. The summed E-state index contributed by atoms with van der Waals surface area (Å²) in [5.74, 6) is -0.00163. The number of morpholine rings is 1. The van der Waals surface area contributed by atoms with Crippen molar-refractivity contribution < 1.29 is 22.7 Å². The minimum atomic E-state index is -3.68. The summed E-state index contributed by atoms with van der Waals surface area (Å²) in [5, 5.41) is 0. The highest BCUT2D eigenvalue weighted by Crippen LogP contribution is 2.18. The van der Waals surface area contributed by atoms with Crippen LogP contribution in [0.1, 0.15) is 10.4 Å². The lowest BCUT2D eigenvalue weighted by Crippen LogP contribution is -2.52. The van der Waals surface area contributed by atoms with E-state index in [1.165, 1.54) is 12.1 Å². The van der Waals surface area contributed by atoms with E-state index in [0.717, 1.165) is 0 Å². The van der Waals surface area contributed by atoms with Crippen LogP contribution in [-0.4, -0.2) is 94.0 Å². The monoisotopic (exact) mass is 472 g/mol. The average molecular weight is 473 g/mol. The molecule has 0 bridgehead atoms. The van der Waals surface area contributed by atoms with Crippen LogP contribution in [0.5, 0.6) is 0 Å². The molecule has 2 amide bonds. The quantitative estimate of drug-likeness (QED) is 0.676. The molecule has 2 aliphatic heterocycles. The van der Waals surface area contributed by atoms with Crippen molar-refractivity contribution in [1.29, 1.82) is 0 Å². The van der Waals surface area contributed by atoms with E-state index in [9.17, 15) is 18.0 Å². The number of anilines is 1. The standard InChI is InChI=1S/C23H28N4O5S/c28-22(26-14-16-32-17-15-26)18-25-10-12-27(13-11-25)23(29)19-6-8-20(9-7-19)24-33(30,31)21-4-2-1-3-5-21/h1-9,24H,10-18H2. The highest BCUT2D eigenvalue weighted by atomic mass is 32.2. The fraction of sp³-hybridized carbons (Fsp3) is 0.391. The fourth-order valence-corrected chi connectivity index (χ4v) is 4.97. The third-order valence-corrected chi connectivity index (χ3v) is 7.22. The molecule has 2 heterocycles. The molecule has 0 atom stereocenters. The Kier molecular flexibility index (Phi) is 7.26. The second-order valence-electron chi connectivity index (χ2n) is 8.06. The van der Waals surface area contributed by atoms with Crippen LogP contribution in [0.15, 0.2) is 59.5 Å². The molecule has 2 aromatic rings. The third kappa shape index (κ3) is 5.89. The summed E-state index contributed by atoms with van der Waals surface area (Å²) in [6, 6.07) is 14.5. The molecule has 2 aliphatic rings. The average Bonchev–Trinajstić information content (AvgIpc) is 2.85. The zero-order valence-electron chi connectivity index (χ0n) is 18.4. The van der Waals surface area contributed by atoms with Gasteiger partial charge in [-0.1, -0.05) is 18.2 Å². The summed E-state index contributed by atoms with van der Waals surface area (Å²) in [6.45, 7) is 5.14. The molecule has 1 N–H and O–H groups in total. The van der Waals surface area contributed by atoms with Crippen molar-refractivity contribution in [1.82, 2.24) is 14.7 Å². The summed E-state index contributed by atoms with van der Waals surface area (Å²) in [6.07, 6.45) is 0. The molecule has 0 radical (unpaired) electrons. The maximum Gasteiger partial charge on any atom is 0.261 e. The first-order valence-corrected chi connectivity index (χ1v) is 12.5. The van der Waals surface area contributed by atoms with Crippen molar-refractivity contribution in [3.63, 3.8) is 0 Å². The Bertz CT molecular complexity index is 1060. The Hall–Kier alpha value is -2.95. The molecule has 0 saturated carbocycles. The van der Waals surface area contributed by atoms with Gasteiger partial charge >= 0.3 is 0 Å². The highest BCUT2D eigenvalue weighted by molar-refractivity contribution is 7.92. The number of amides is 2. The number of carbonyl (C=O) groups is 2. The molecule has 10 heteroatoms. The van der Waals surface area contributed by atoms with E-state index in [1.54, 1.807) is 47.4 Å². The van der Waals surface area contributed by atoms with E-state index in [4.69, 9.17) is 4.74 Å². The van der Waals surface area contributed by atoms with E-state index in [-0.39, 0.29) is 16.7 Å². The van der Waals surface area contributed by atoms with Crippen molar-refractivity contribution in [3.05, 3.63) is 60.2 Å². The van der Waals surface area contributed by atoms with Gasteiger partial charge in [0, 0.05) is 50.5 Å². The van der Waals surface area contributed by atoms with Gasteiger partial charge in [0.15, 0.2) is 0 Å². The molecule has 0 spiro atoms. The largest absolute Gasteiger partial charge is 0.378 e. The zero-order chi connectivity index (χ0) is 23.3. The number of sulfonamides is 1. The van der Waals surface area contributed by atoms with Crippen LogP contribution in [0.4, 0.5) is 5.69 Å². The molecular formula is C23H28N4O5S. The number of carbonyl (C=O) groups excluding carboxylic acids is 2. The first-order valence-electron chi connectivity index (χ1n) is 11.0. The van der Waals surface area contributed by atoms with E-state index in [2.05, 4.69) is 9.62 Å². The predicted octanol–water partition coefficient (Wildman–Crippen LogP) is 1.10. The van der Waals surface area contributed by atoms with Gasteiger partial charge in [-0.25, -0.2) is 8.42 Å². The Morgan fingerprint density at radius 2 is 1.45 bits per heavy atom. The Morgan fingerprint density at radius 1 is 0.818 bits per heavy atom. The molecule has 2 saturated heterocycles. The maximum atomic E-state index is 12.9. The Labute approximate surface area is 194 Å². The summed E-state index contributed by atoms with van der Waals surface area (Å²) >= 11 is 0. The number of benzene rings is 2. The first-order chi connectivity index (χ1) is 15.9. The third-order valence-electron chi connectivity index (χ3n) is 5.82. The molecule has 0 aliphatic carbocycles. The second kappa shape index (κ2) is 10.3. The summed E-state index contributed by atoms with van der Waals surface area (Å²) in [4.78, 5) is 31.1. The maximum absolute atomic E-state index is 12.9. The molecule has 9 nitrogen and oxygen atoms in total. The summed E-state index contributed by atoms with van der Waals surface area (Å²) < 4.78 is 32.7. The topological polar surface area (TPSA) is 99.3 Å². The molecule has 4 rings (SSSR count). The second-order valence-corrected chi connectivity index (χ2v) is 9.74. The van der Waals surface area contributed by atoms with Crippen LogP contribution in [0.3, 0.4) is 0 Å². The van der Waals surface area contributed by atoms with Gasteiger partial charge in [0.05, 0.1) is 24.7 Å². The molecule has 176 valence electrons. The molecule has 0 unspecified atom stereocenters. The lowest BCUT2D eigenvalue weighted by atomic mass is 10.1. The minimum absolute atomic E-state index is 0.103.